The second-order valence-corrected chi connectivity index (χ2v) is 5.32. The molecule has 0 fully saturated rings. The second-order valence-electron chi connectivity index (χ2n) is 4.92. The van der Waals surface area contributed by atoms with Crippen LogP contribution in [0.5, 0.6) is 5.75 Å². The van der Waals surface area contributed by atoms with E-state index in [9.17, 15) is 4.79 Å². The van der Waals surface area contributed by atoms with Crippen LogP contribution >= 0.6 is 11.6 Å². The minimum Gasteiger partial charge on any atom is -0.489 e. The Morgan fingerprint density at radius 3 is 2.67 bits per heavy atom. The quantitative estimate of drug-likeness (QED) is 0.453. The van der Waals surface area contributed by atoms with E-state index in [1.165, 1.54) is 12.1 Å². The Bertz CT molecular complexity index is 477. The third kappa shape index (κ3) is 5.81. The number of hydrogen-bond donors (Lipinski definition) is 1. The van der Waals surface area contributed by atoms with Crippen LogP contribution < -0.4 is 10.5 Å². The van der Waals surface area contributed by atoms with E-state index in [-0.39, 0.29) is 22.9 Å². The van der Waals surface area contributed by atoms with Gasteiger partial charge in [0.1, 0.15) is 12.2 Å². The van der Waals surface area contributed by atoms with Gasteiger partial charge in [-0.05, 0) is 25.0 Å². The predicted molar refractivity (Wildman–Crippen MR) is 83.0 cm³/mol. The molecule has 1 aromatic rings. The Morgan fingerprint density at radius 2 is 2.05 bits per heavy atom. The van der Waals surface area contributed by atoms with Crippen LogP contribution in [0.2, 0.25) is 5.02 Å². The molecule has 0 amide bonds. The minimum absolute atomic E-state index is 0.228. The van der Waals surface area contributed by atoms with Crippen molar-refractivity contribution < 1.29 is 19.0 Å². The maximum atomic E-state index is 11.9. The molecule has 1 aromatic carbocycles. The van der Waals surface area contributed by atoms with E-state index in [0.717, 1.165) is 0 Å². The molecule has 0 aliphatic carbocycles. The zero-order valence-corrected chi connectivity index (χ0v) is 13.4. The lowest BCUT2D eigenvalue weighted by Gasteiger charge is -2.14. The molecule has 0 saturated heterocycles. The van der Waals surface area contributed by atoms with Gasteiger partial charge in [-0.1, -0.05) is 25.4 Å². The first-order chi connectivity index (χ1) is 9.95. The Hall–Kier alpha value is -1.46. The van der Waals surface area contributed by atoms with Crippen molar-refractivity contribution >= 4 is 23.3 Å². The normalized spacial score (nSPS) is 10.7. The molecule has 0 aliphatic rings. The number of ether oxygens (including phenoxy) is 3. The molecule has 0 heterocycles. The van der Waals surface area contributed by atoms with E-state index in [1.807, 2.05) is 0 Å². The summed E-state index contributed by atoms with van der Waals surface area (Å²) in [5, 5.41) is 0.280. The van der Waals surface area contributed by atoms with Crippen molar-refractivity contribution in [3.8, 4) is 5.75 Å². The molecule has 0 atom stereocenters. The fraction of sp³-hybridized carbons (Fsp3) is 0.533. The third-order valence-corrected chi connectivity index (χ3v) is 2.77. The highest BCUT2D eigenvalue weighted by molar-refractivity contribution is 6.33. The molecule has 0 saturated carbocycles. The second kappa shape index (κ2) is 8.74. The topological polar surface area (TPSA) is 70.8 Å². The lowest BCUT2D eigenvalue weighted by atomic mass is 10.2. The van der Waals surface area contributed by atoms with Crippen LogP contribution in [-0.4, -0.2) is 32.4 Å². The molecule has 1 rings (SSSR count). The Labute approximate surface area is 130 Å². The summed E-state index contributed by atoms with van der Waals surface area (Å²) in [7, 11) is 0. The van der Waals surface area contributed by atoms with Crippen LogP contribution in [0.4, 0.5) is 5.69 Å². The monoisotopic (exact) mass is 315 g/mol. The first-order valence-electron chi connectivity index (χ1n) is 6.92. The first-order valence-corrected chi connectivity index (χ1v) is 7.30. The van der Waals surface area contributed by atoms with Gasteiger partial charge in [0, 0.05) is 12.3 Å². The zero-order chi connectivity index (χ0) is 15.8. The summed E-state index contributed by atoms with van der Waals surface area (Å²) < 4.78 is 16.0. The van der Waals surface area contributed by atoms with E-state index in [2.05, 4.69) is 13.8 Å². The van der Waals surface area contributed by atoms with Gasteiger partial charge in [0.2, 0.25) is 0 Å². The molecule has 5 nitrogen and oxygen atoms in total. The molecular formula is C15H22ClNO4. The molecule has 0 aromatic heterocycles. The van der Waals surface area contributed by atoms with Crippen LogP contribution in [0.3, 0.4) is 0 Å². The van der Waals surface area contributed by atoms with Crippen molar-refractivity contribution in [3.05, 3.63) is 22.7 Å². The van der Waals surface area contributed by atoms with Crippen molar-refractivity contribution in [2.24, 2.45) is 5.92 Å². The van der Waals surface area contributed by atoms with Crippen LogP contribution in [0.25, 0.3) is 0 Å². The van der Waals surface area contributed by atoms with Crippen molar-refractivity contribution in [1.29, 1.82) is 0 Å². The summed E-state index contributed by atoms with van der Waals surface area (Å²) in [5.74, 6) is 0.225. The van der Waals surface area contributed by atoms with Gasteiger partial charge in [-0.25, -0.2) is 4.79 Å². The van der Waals surface area contributed by atoms with Crippen molar-refractivity contribution in [2.45, 2.75) is 20.8 Å². The van der Waals surface area contributed by atoms with E-state index in [4.69, 9.17) is 31.5 Å². The van der Waals surface area contributed by atoms with Crippen LogP contribution in [-0.2, 0) is 9.47 Å². The van der Waals surface area contributed by atoms with Gasteiger partial charge in [-0.15, -0.1) is 0 Å². The van der Waals surface area contributed by atoms with Crippen molar-refractivity contribution in [2.75, 3.05) is 32.2 Å². The molecule has 6 heteroatoms. The number of benzene rings is 1. The summed E-state index contributed by atoms with van der Waals surface area (Å²) in [6, 6.07) is 3.03. The number of esters is 1. The number of rotatable bonds is 8. The number of hydrogen-bond acceptors (Lipinski definition) is 5. The average molecular weight is 316 g/mol. The zero-order valence-electron chi connectivity index (χ0n) is 12.6. The molecule has 0 aliphatic heterocycles. The van der Waals surface area contributed by atoms with Gasteiger partial charge >= 0.3 is 5.97 Å². The van der Waals surface area contributed by atoms with Crippen LogP contribution in [0.1, 0.15) is 31.1 Å². The molecular weight excluding hydrogens is 294 g/mol. The highest BCUT2D eigenvalue weighted by Crippen LogP contribution is 2.32. The van der Waals surface area contributed by atoms with E-state index in [1.54, 1.807) is 6.92 Å². The predicted octanol–water partition coefficient (Wildman–Crippen LogP) is 3.15. The number of carbonyl (C=O) groups excluding carboxylic acids is 1. The van der Waals surface area contributed by atoms with Gasteiger partial charge in [-0.2, -0.15) is 0 Å². The van der Waals surface area contributed by atoms with Gasteiger partial charge in [0.25, 0.3) is 0 Å². The maximum absolute atomic E-state index is 11.9. The van der Waals surface area contributed by atoms with Gasteiger partial charge < -0.3 is 19.9 Å². The Morgan fingerprint density at radius 1 is 1.33 bits per heavy atom. The van der Waals surface area contributed by atoms with E-state index in [0.29, 0.717) is 31.4 Å². The van der Waals surface area contributed by atoms with Crippen LogP contribution in [0.15, 0.2) is 12.1 Å². The summed E-state index contributed by atoms with van der Waals surface area (Å²) in [5.41, 5.74) is 6.31. The largest absolute Gasteiger partial charge is 0.489 e. The smallest absolute Gasteiger partial charge is 0.342 e. The molecule has 0 bridgehead atoms. The lowest BCUT2D eigenvalue weighted by molar-refractivity contribution is 0.0515. The number of halogens is 1. The SMILES string of the molecule is CCOC(=O)c1cc(N)cc(Cl)c1OCCOCC(C)C. The standard InChI is InChI=1S/C15H22ClNO4/c1-4-20-15(18)12-7-11(17)8-13(16)14(12)21-6-5-19-9-10(2)3/h7-8,10H,4-6,9,17H2,1-3H3. The summed E-state index contributed by atoms with van der Waals surface area (Å²) in [6.07, 6.45) is 0. The number of anilines is 1. The molecule has 0 unspecified atom stereocenters. The van der Waals surface area contributed by atoms with Crippen molar-refractivity contribution in [3.63, 3.8) is 0 Å². The molecule has 0 radical (unpaired) electrons. The van der Waals surface area contributed by atoms with Gasteiger partial charge in [-0.3, -0.25) is 0 Å². The minimum atomic E-state index is -0.509. The van der Waals surface area contributed by atoms with Crippen LogP contribution in [0, 0.1) is 5.92 Å². The highest BCUT2D eigenvalue weighted by atomic mass is 35.5. The molecule has 0 spiro atoms. The van der Waals surface area contributed by atoms with Gasteiger partial charge in [0.05, 0.1) is 18.2 Å². The van der Waals surface area contributed by atoms with Gasteiger partial charge in [0.15, 0.2) is 5.75 Å². The lowest BCUT2D eigenvalue weighted by Crippen LogP contribution is -2.13. The maximum Gasteiger partial charge on any atom is 0.342 e. The molecule has 2 N–H and O–H groups in total. The Balaban J connectivity index is 2.73. The highest BCUT2D eigenvalue weighted by Gasteiger charge is 2.18. The fourth-order valence-corrected chi connectivity index (χ4v) is 1.93. The first kappa shape index (κ1) is 17.6. The summed E-state index contributed by atoms with van der Waals surface area (Å²) in [4.78, 5) is 11.9. The van der Waals surface area contributed by atoms with Crippen molar-refractivity contribution in [1.82, 2.24) is 0 Å². The molecule has 21 heavy (non-hydrogen) atoms. The molecule has 118 valence electrons. The average Bonchev–Trinajstić information content (AvgIpc) is 2.39. The number of carbonyl (C=O) groups is 1. The summed E-state index contributed by atoms with van der Waals surface area (Å²) >= 11 is 6.09. The third-order valence-electron chi connectivity index (χ3n) is 2.49. The fourth-order valence-electron chi connectivity index (χ4n) is 1.64. The Kier molecular flexibility index (Phi) is 7.32. The summed E-state index contributed by atoms with van der Waals surface area (Å²) in [6.45, 7) is 7.49. The van der Waals surface area contributed by atoms with E-state index >= 15 is 0 Å². The van der Waals surface area contributed by atoms with E-state index < -0.39 is 5.97 Å². The number of nitrogen functional groups attached to an aromatic ring is 1. The number of nitrogens with two attached hydrogens (primary N) is 1.